The molecule has 2 N–H and O–H groups in total. The Hall–Kier alpha value is -1.50. The standard InChI is InChI=1S/C15H22N2O/c1-3-17(4-2)11-12-18-15-9-5-7-14(13-15)8-6-10-16/h5,7,9,13H,3-4,10-12,16H2,1-2H3. The molecule has 0 heterocycles. The van der Waals surface area contributed by atoms with Gasteiger partial charge in [-0.05, 0) is 31.3 Å². The maximum atomic E-state index is 5.72. The number of ether oxygens (including phenoxy) is 1. The van der Waals surface area contributed by atoms with Crippen LogP contribution in [0.5, 0.6) is 5.75 Å². The van der Waals surface area contributed by atoms with Gasteiger partial charge >= 0.3 is 0 Å². The minimum atomic E-state index is 0.382. The Morgan fingerprint density at radius 2 is 2.06 bits per heavy atom. The summed E-state index contributed by atoms with van der Waals surface area (Å²) in [6, 6.07) is 7.81. The van der Waals surface area contributed by atoms with Crippen LogP contribution in [0, 0.1) is 11.8 Å². The molecule has 0 fully saturated rings. The molecular formula is C15H22N2O. The molecule has 0 bridgehead atoms. The highest BCUT2D eigenvalue weighted by atomic mass is 16.5. The Labute approximate surface area is 110 Å². The number of benzene rings is 1. The van der Waals surface area contributed by atoms with Gasteiger partial charge in [0, 0.05) is 12.1 Å². The number of nitrogens with two attached hydrogens (primary N) is 1. The van der Waals surface area contributed by atoms with Crippen LogP contribution < -0.4 is 10.5 Å². The van der Waals surface area contributed by atoms with Crippen LogP contribution in [0.15, 0.2) is 24.3 Å². The van der Waals surface area contributed by atoms with E-state index in [2.05, 4.69) is 30.6 Å². The average Bonchev–Trinajstić information content (AvgIpc) is 2.42. The van der Waals surface area contributed by atoms with E-state index in [0.717, 1.165) is 30.9 Å². The predicted octanol–water partition coefficient (Wildman–Crippen LogP) is 1.72. The van der Waals surface area contributed by atoms with Crippen LogP contribution in [-0.4, -0.2) is 37.7 Å². The molecule has 0 saturated carbocycles. The van der Waals surface area contributed by atoms with Crippen molar-refractivity contribution >= 4 is 0 Å². The van der Waals surface area contributed by atoms with Gasteiger partial charge in [0.25, 0.3) is 0 Å². The SMILES string of the molecule is CCN(CC)CCOc1cccc(C#CCN)c1. The van der Waals surface area contributed by atoms with Crippen molar-refractivity contribution in [2.45, 2.75) is 13.8 Å². The molecule has 1 aromatic rings. The van der Waals surface area contributed by atoms with E-state index in [-0.39, 0.29) is 0 Å². The molecule has 0 amide bonds. The zero-order chi connectivity index (χ0) is 13.2. The first-order chi connectivity index (χ1) is 8.80. The van der Waals surface area contributed by atoms with E-state index >= 15 is 0 Å². The summed E-state index contributed by atoms with van der Waals surface area (Å²) < 4.78 is 5.72. The summed E-state index contributed by atoms with van der Waals surface area (Å²) in [5.41, 5.74) is 6.29. The Bertz CT molecular complexity index is 402. The summed E-state index contributed by atoms with van der Waals surface area (Å²) in [5.74, 6) is 6.71. The van der Waals surface area contributed by atoms with Gasteiger partial charge in [-0.3, -0.25) is 0 Å². The Kier molecular flexibility index (Phi) is 6.93. The highest BCUT2D eigenvalue weighted by Gasteiger charge is 1.99. The Balaban J connectivity index is 2.47. The summed E-state index contributed by atoms with van der Waals surface area (Å²) in [7, 11) is 0. The molecule has 3 nitrogen and oxygen atoms in total. The molecule has 0 aromatic heterocycles. The van der Waals surface area contributed by atoms with Gasteiger partial charge in [-0.1, -0.05) is 31.8 Å². The molecule has 0 saturated heterocycles. The molecule has 1 rings (SSSR count). The second-order valence-corrected chi connectivity index (χ2v) is 3.91. The van der Waals surface area contributed by atoms with Gasteiger partial charge in [-0.2, -0.15) is 0 Å². The molecule has 0 aliphatic rings. The van der Waals surface area contributed by atoms with Crippen LogP contribution in [0.1, 0.15) is 19.4 Å². The summed E-state index contributed by atoms with van der Waals surface area (Å²) in [5, 5.41) is 0. The summed E-state index contributed by atoms with van der Waals surface area (Å²) in [6.45, 7) is 8.47. The van der Waals surface area contributed by atoms with Crippen molar-refractivity contribution in [2.24, 2.45) is 5.73 Å². The molecule has 3 heteroatoms. The summed E-state index contributed by atoms with van der Waals surface area (Å²) in [4.78, 5) is 2.33. The molecule has 0 aliphatic carbocycles. The van der Waals surface area contributed by atoms with Crippen molar-refractivity contribution in [2.75, 3.05) is 32.8 Å². The molecule has 0 atom stereocenters. The normalized spacial score (nSPS) is 10.0. The maximum absolute atomic E-state index is 5.72. The fourth-order valence-corrected chi connectivity index (χ4v) is 1.65. The third-order valence-electron chi connectivity index (χ3n) is 2.74. The van der Waals surface area contributed by atoms with Crippen LogP contribution in [0.2, 0.25) is 0 Å². The molecule has 1 aromatic carbocycles. The quantitative estimate of drug-likeness (QED) is 0.777. The van der Waals surface area contributed by atoms with Crippen molar-refractivity contribution in [1.29, 1.82) is 0 Å². The lowest BCUT2D eigenvalue weighted by molar-refractivity contribution is 0.223. The first kappa shape index (κ1) is 14.6. The number of hydrogen-bond donors (Lipinski definition) is 1. The number of rotatable bonds is 6. The van der Waals surface area contributed by atoms with Crippen LogP contribution in [0.4, 0.5) is 0 Å². The van der Waals surface area contributed by atoms with E-state index in [1.807, 2.05) is 24.3 Å². The molecule has 0 radical (unpaired) electrons. The topological polar surface area (TPSA) is 38.5 Å². The summed E-state index contributed by atoms with van der Waals surface area (Å²) >= 11 is 0. The van der Waals surface area contributed by atoms with Gasteiger partial charge in [-0.25, -0.2) is 0 Å². The van der Waals surface area contributed by atoms with Crippen molar-refractivity contribution in [3.8, 4) is 17.6 Å². The molecule has 18 heavy (non-hydrogen) atoms. The second kappa shape index (κ2) is 8.57. The largest absolute Gasteiger partial charge is 0.492 e. The van der Waals surface area contributed by atoms with Crippen LogP contribution in [-0.2, 0) is 0 Å². The van der Waals surface area contributed by atoms with Crippen LogP contribution >= 0.6 is 0 Å². The predicted molar refractivity (Wildman–Crippen MR) is 75.7 cm³/mol. The van der Waals surface area contributed by atoms with Crippen LogP contribution in [0.25, 0.3) is 0 Å². The zero-order valence-corrected chi connectivity index (χ0v) is 11.3. The number of nitrogens with zero attached hydrogens (tertiary/aromatic N) is 1. The van der Waals surface area contributed by atoms with E-state index in [1.54, 1.807) is 0 Å². The highest BCUT2D eigenvalue weighted by Crippen LogP contribution is 2.12. The molecular weight excluding hydrogens is 224 g/mol. The van der Waals surface area contributed by atoms with E-state index in [1.165, 1.54) is 0 Å². The number of hydrogen-bond acceptors (Lipinski definition) is 3. The van der Waals surface area contributed by atoms with Gasteiger partial charge in [0.15, 0.2) is 0 Å². The van der Waals surface area contributed by atoms with Gasteiger partial charge in [0.05, 0.1) is 6.54 Å². The fourth-order valence-electron chi connectivity index (χ4n) is 1.65. The smallest absolute Gasteiger partial charge is 0.120 e. The average molecular weight is 246 g/mol. The summed E-state index contributed by atoms with van der Waals surface area (Å²) in [6.07, 6.45) is 0. The maximum Gasteiger partial charge on any atom is 0.120 e. The second-order valence-electron chi connectivity index (χ2n) is 3.91. The first-order valence-electron chi connectivity index (χ1n) is 6.44. The Morgan fingerprint density at radius 3 is 2.72 bits per heavy atom. The molecule has 98 valence electrons. The fraction of sp³-hybridized carbons (Fsp3) is 0.467. The van der Waals surface area contributed by atoms with Gasteiger partial charge < -0.3 is 15.4 Å². The monoisotopic (exact) mass is 246 g/mol. The van der Waals surface area contributed by atoms with E-state index in [4.69, 9.17) is 10.5 Å². The zero-order valence-electron chi connectivity index (χ0n) is 11.3. The van der Waals surface area contributed by atoms with Gasteiger partial charge in [0.1, 0.15) is 12.4 Å². The number of likely N-dealkylation sites (N-methyl/N-ethyl adjacent to an activating group) is 1. The lowest BCUT2D eigenvalue weighted by Gasteiger charge is -2.18. The molecule has 0 aliphatic heterocycles. The molecule has 0 spiro atoms. The third-order valence-corrected chi connectivity index (χ3v) is 2.74. The van der Waals surface area contributed by atoms with Gasteiger partial charge in [-0.15, -0.1) is 0 Å². The minimum Gasteiger partial charge on any atom is -0.492 e. The van der Waals surface area contributed by atoms with E-state index in [0.29, 0.717) is 13.2 Å². The van der Waals surface area contributed by atoms with E-state index < -0.39 is 0 Å². The van der Waals surface area contributed by atoms with E-state index in [9.17, 15) is 0 Å². The first-order valence-corrected chi connectivity index (χ1v) is 6.44. The van der Waals surface area contributed by atoms with Crippen molar-refractivity contribution in [3.05, 3.63) is 29.8 Å². The third kappa shape index (κ3) is 5.22. The van der Waals surface area contributed by atoms with Crippen molar-refractivity contribution in [1.82, 2.24) is 4.90 Å². The lowest BCUT2D eigenvalue weighted by Crippen LogP contribution is -2.27. The Morgan fingerprint density at radius 1 is 1.28 bits per heavy atom. The van der Waals surface area contributed by atoms with Crippen molar-refractivity contribution in [3.63, 3.8) is 0 Å². The minimum absolute atomic E-state index is 0.382. The van der Waals surface area contributed by atoms with Gasteiger partial charge in [0.2, 0.25) is 0 Å². The molecule has 0 unspecified atom stereocenters. The highest BCUT2D eigenvalue weighted by molar-refractivity contribution is 5.39. The lowest BCUT2D eigenvalue weighted by atomic mass is 10.2. The van der Waals surface area contributed by atoms with Crippen LogP contribution in [0.3, 0.4) is 0 Å². The van der Waals surface area contributed by atoms with Crippen molar-refractivity contribution < 1.29 is 4.74 Å².